The van der Waals surface area contributed by atoms with Crippen molar-refractivity contribution < 1.29 is 4.79 Å². The van der Waals surface area contributed by atoms with E-state index < -0.39 is 0 Å². The molecule has 1 aliphatic rings. The minimum atomic E-state index is 0.0310. The zero-order valence-electron chi connectivity index (χ0n) is 12.5. The van der Waals surface area contributed by atoms with Gasteiger partial charge in [-0.15, -0.1) is 0 Å². The van der Waals surface area contributed by atoms with Crippen LogP contribution in [0.1, 0.15) is 34.8 Å². The minimum absolute atomic E-state index is 0.0310. The van der Waals surface area contributed by atoms with E-state index in [2.05, 4.69) is 25.4 Å². The summed E-state index contributed by atoms with van der Waals surface area (Å²) in [6, 6.07) is 5.41. The molecule has 1 N–H and O–H groups in total. The van der Waals surface area contributed by atoms with Crippen molar-refractivity contribution in [3.8, 4) is 0 Å². The maximum atomic E-state index is 12.8. The molecule has 116 valence electrons. The lowest BCUT2D eigenvalue weighted by atomic mass is 9.94. The molecule has 3 aromatic rings. The number of carbonyl (C=O) groups is 1. The van der Waals surface area contributed by atoms with Crippen molar-refractivity contribution in [2.45, 2.75) is 18.8 Å². The molecule has 4 rings (SSSR count). The maximum Gasteiger partial charge on any atom is 0.253 e. The Morgan fingerprint density at radius 2 is 2.13 bits per heavy atom. The second-order valence-corrected chi connectivity index (χ2v) is 5.75. The summed E-state index contributed by atoms with van der Waals surface area (Å²) in [7, 11) is 0. The molecule has 0 spiro atoms. The molecular formula is C16H16N6O. The van der Waals surface area contributed by atoms with Gasteiger partial charge in [0.25, 0.3) is 5.91 Å². The lowest BCUT2D eigenvalue weighted by Gasteiger charge is -2.32. The highest BCUT2D eigenvalue weighted by Gasteiger charge is 2.26. The highest BCUT2D eigenvalue weighted by molar-refractivity contribution is 5.97. The molecule has 0 saturated carbocycles. The van der Waals surface area contributed by atoms with Crippen LogP contribution < -0.4 is 0 Å². The zero-order valence-corrected chi connectivity index (χ0v) is 12.5. The van der Waals surface area contributed by atoms with Gasteiger partial charge in [0.15, 0.2) is 0 Å². The van der Waals surface area contributed by atoms with Crippen LogP contribution in [0.5, 0.6) is 0 Å². The van der Waals surface area contributed by atoms with E-state index in [0.717, 1.165) is 30.6 Å². The lowest BCUT2D eigenvalue weighted by Crippen LogP contribution is -2.39. The van der Waals surface area contributed by atoms with Crippen molar-refractivity contribution >= 4 is 16.9 Å². The molecule has 7 nitrogen and oxygen atoms in total. The number of amides is 1. The fourth-order valence-corrected chi connectivity index (χ4v) is 3.08. The molecular weight excluding hydrogens is 292 g/mol. The highest BCUT2D eigenvalue weighted by atomic mass is 16.2. The molecule has 0 bridgehead atoms. The van der Waals surface area contributed by atoms with Crippen LogP contribution in [0.15, 0.2) is 36.8 Å². The molecule has 7 heteroatoms. The number of hydrogen-bond donors (Lipinski definition) is 1. The summed E-state index contributed by atoms with van der Waals surface area (Å²) < 4.78 is 0. The third-order valence-electron chi connectivity index (χ3n) is 4.27. The van der Waals surface area contributed by atoms with E-state index in [1.165, 1.54) is 0 Å². The largest absolute Gasteiger partial charge is 0.338 e. The van der Waals surface area contributed by atoms with Crippen LogP contribution in [0.25, 0.3) is 11.0 Å². The first-order valence-corrected chi connectivity index (χ1v) is 7.67. The van der Waals surface area contributed by atoms with E-state index in [0.29, 0.717) is 17.6 Å². The number of aromatic nitrogens is 5. The van der Waals surface area contributed by atoms with Gasteiger partial charge in [0.2, 0.25) is 0 Å². The third-order valence-corrected chi connectivity index (χ3v) is 4.27. The molecule has 1 aliphatic heterocycles. The predicted octanol–water partition coefficient (Wildman–Crippen LogP) is 1.77. The average molecular weight is 308 g/mol. The Labute approximate surface area is 132 Å². The van der Waals surface area contributed by atoms with Crippen molar-refractivity contribution in [2.24, 2.45) is 0 Å². The molecule has 23 heavy (non-hydrogen) atoms. The summed E-state index contributed by atoms with van der Waals surface area (Å²) in [5.41, 5.74) is 3.07. The van der Waals surface area contributed by atoms with Gasteiger partial charge in [-0.3, -0.25) is 14.8 Å². The van der Waals surface area contributed by atoms with Crippen LogP contribution in [-0.4, -0.2) is 49.3 Å². The Kier molecular flexibility index (Phi) is 3.45. The number of H-pyrrole nitrogens is 1. The van der Waals surface area contributed by atoms with Gasteiger partial charge in [-0.25, -0.2) is 0 Å². The number of nitrogens with zero attached hydrogens (tertiary/aromatic N) is 5. The van der Waals surface area contributed by atoms with E-state index in [1.807, 2.05) is 11.0 Å². The zero-order chi connectivity index (χ0) is 15.6. The summed E-state index contributed by atoms with van der Waals surface area (Å²) >= 11 is 0. The Morgan fingerprint density at radius 1 is 1.22 bits per heavy atom. The second kappa shape index (κ2) is 5.75. The lowest BCUT2D eigenvalue weighted by molar-refractivity contribution is 0.0706. The number of piperidine rings is 1. The first kappa shape index (κ1) is 13.8. The van der Waals surface area contributed by atoms with Crippen LogP contribution in [0.4, 0.5) is 0 Å². The van der Waals surface area contributed by atoms with Gasteiger partial charge in [0.1, 0.15) is 11.0 Å². The molecule has 1 aromatic carbocycles. The van der Waals surface area contributed by atoms with Gasteiger partial charge < -0.3 is 4.90 Å². The Balaban J connectivity index is 1.55. The standard InChI is InChI=1S/C16H16N6O/c23-16(11-3-4-13-14(8-11)20-21-19-13)22-7-1-2-12(10-22)15-9-17-5-6-18-15/h3-6,8-9,12H,1-2,7,10H2,(H,19,20,21)/t12-/m0/s1. The van der Waals surface area contributed by atoms with Gasteiger partial charge in [0.05, 0.1) is 5.69 Å². The molecule has 0 radical (unpaired) electrons. The summed E-state index contributed by atoms with van der Waals surface area (Å²) in [6.07, 6.45) is 7.17. The molecule has 3 heterocycles. The van der Waals surface area contributed by atoms with Gasteiger partial charge in [0, 0.05) is 43.2 Å². The molecule has 1 atom stereocenters. The number of likely N-dealkylation sites (tertiary alicyclic amines) is 1. The van der Waals surface area contributed by atoms with Gasteiger partial charge in [-0.2, -0.15) is 15.4 Å². The molecule has 0 aliphatic carbocycles. The number of rotatable bonds is 2. The van der Waals surface area contributed by atoms with Crippen molar-refractivity contribution in [1.82, 2.24) is 30.3 Å². The van der Waals surface area contributed by atoms with Crippen LogP contribution in [-0.2, 0) is 0 Å². The number of fused-ring (bicyclic) bond motifs is 1. The average Bonchev–Trinajstić information content (AvgIpc) is 3.09. The highest BCUT2D eigenvalue weighted by Crippen LogP contribution is 2.26. The normalized spacial score (nSPS) is 18.3. The van der Waals surface area contributed by atoms with Crippen molar-refractivity contribution in [3.05, 3.63) is 48.0 Å². The Bertz CT molecular complexity index is 831. The van der Waals surface area contributed by atoms with Crippen molar-refractivity contribution in [3.63, 3.8) is 0 Å². The fraction of sp³-hybridized carbons (Fsp3) is 0.312. The van der Waals surface area contributed by atoms with Crippen molar-refractivity contribution in [2.75, 3.05) is 13.1 Å². The summed E-state index contributed by atoms with van der Waals surface area (Å²) in [6.45, 7) is 1.45. The number of hydrogen-bond acceptors (Lipinski definition) is 5. The monoisotopic (exact) mass is 308 g/mol. The summed E-state index contributed by atoms with van der Waals surface area (Å²) in [5, 5.41) is 10.6. The number of carbonyl (C=O) groups excluding carboxylic acids is 1. The molecule has 0 unspecified atom stereocenters. The topological polar surface area (TPSA) is 87.7 Å². The van der Waals surface area contributed by atoms with Gasteiger partial charge in [-0.05, 0) is 31.0 Å². The third kappa shape index (κ3) is 2.65. The second-order valence-electron chi connectivity index (χ2n) is 5.75. The first-order valence-electron chi connectivity index (χ1n) is 7.67. The molecule has 1 fully saturated rings. The van der Waals surface area contributed by atoms with Crippen LogP contribution in [0.3, 0.4) is 0 Å². The Morgan fingerprint density at radius 3 is 3.00 bits per heavy atom. The van der Waals surface area contributed by atoms with Crippen molar-refractivity contribution in [1.29, 1.82) is 0 Å². The van der Waals surface area contributed by atoms with Crippen LogP contribution in [0, 0.1) is 0 Å². The number of aromatic amines is 1. The summed E-state index contributed by atoms with van der Waals surface area (Å²) in [5.74, 6) is 0.278. The van der Waals surface area contributed by atoms with Crippen LogP contribution >= 0.6 is 0 Å². The quantitative estimate of drug-likeness (QED) is 0.779. The van der Waals surface area contributed by atoms with Crippen LogP contribution in [0.2, 0.25) is 0 Å². The number of nitrogens with one attached hydrogen (secondary N) is 1. The van der Waals surface area contributed by atoms with E-state index in [-0.39, 0.29) is 11.8 Å². The van der Waals surface area contributed by atoms with E-state index in [4.69, 9.17) is 0 Å². The molecule has 1 amide bonds. The first-order chi connectivity index (χ1) is 11.3. The molecule has 2 aromatic heterocycles. The summed E-state index contributed by atoms with van der Waals surface area (Å²) in [4.78, 5) is 23.2. The van der Waals surface area contributed by atoms with E-state index in [1.54, 1.807) is 30.7 Å². The SMILES string of the molecule is O=C(c1ccc2n[nH]nc2c1)N1CCC[C@H](c2cnccn2)C1. The minimum Gasteiger partial charge on any atom is -0.338 e. The fourth-order valence-electron chi connectivity index (χ4n) is 3.08. The molecule has 1 saturated heterocycles. The van der Waals surface area contributed by atoms with E-state index in [9.17, 15) is 4.79 Å². The van der Waals surface area contributed by atoms with Gasteiger partial charge >= 0.3 is 0 Å². The number of benzene rings is 1. The van der Waals surface area contributed by atoms with Gasteiger partial charge in [-0.1, -0.05) is 0 Å². The van der Waals surface area contributed by atoms with E-state index >= 15 is 0 Å². The smallest absolute Gasteiger partial charge is 0.253 e. The Hall–Kier alpha value is -2.83. The predicted molar refractivity (Wildman–Crippen MR) is 83.8 cm³/mol. The maximum absolute atomic E-state index is 12.8.